The highest BCUT2D eigenvalue weighted by atomic mass is 35.5. The first-order valence-electron chi connectivity index (χ1n) is 7.43. The van der Waals surface area contributed by atoms with Crippen LogP contribution in [0.1, 0.15) is 32.1 Å². The molecule has 0 amide bonds. The lowest BCUT2D eigenvalue weighted by molar-refractivity contribution is -0.140. The van der Waals surface area contributed by atoms with Crippen molar-refractivity contribution in [1.29, 1.82) is 1.28 Å². The van der Waals surface area contributed by atoms with Gasteiger partial charge in [0.15, 0.2) is 0 Å². The number of alkyl halides is 1. The fraction of sp³-hybridized carbons (Fsp3) is 0.786. The van der Waals surface area contributed by atoms with Crippen LogP contribution in [-0.4, -0.2) is 37.6 Å². The largest absolute Gasteiger partial charge is 0.469 e. The Hall–Kier alpha value is -0.150. The quantitative estimate of drug-likeness (QED) is 0.233. The molecule has 20 heavy (non-hydrogen) atoms. The first-order valence-corrected chi connectivity index (χ1v) is 7.77. The maximum absolute atomic E-state index is 11.0. The molecular weight excluding hydrogens is 299 g/mol. The number of ether oxygens (including phenoxy) is 1. The van der Waals surface area contributed by atoms with Crippen molar-refractivity contribution in [1.82, 2.24) is 0 Å². The van der Waals surface area contributed by atoms with Gasteiger partial charge < -0.3 is 14.4 Å². The number of hydrogen-bond donors (Lipinski definition) is 1. The molecule has 1 aliphatic carbocycles. The predicted molar refractivity (Wildman–Crippen MR) is 82.5 cm³/mol. The molecule has 116 valence electrons. The Labute approximate surface area is 129 Å². The van der Waals surface area contributed by atoms with Gasteiger partial charge in [-0.15, -0.1) is 11.6 Å². The van der Waals surface area contributed by atoms with E-state index in [9.17, 15) is 9.90 Å². The smallest absolute Gasteiger partial charge is 0.305 e. The zero-order valence-corrected chi connectivity index (χ0v) is 13.5. The summed E-state index contributed by atoms with van der Waals surface area (Å²) in [5, 5.41) is 9.48. The van der Waals surface area contributed by atoms with E-state index >= 15 is 0 Å². The number of halogens is 1. The topological polar surface area (TPSA) is 55.8 Å². The number of aliphatic hydroxyl groups is 1. The summed E-state index contributed by atoms with van der Waals surface area (Å²) in [6.45, 7) is 0.0409. The van der Waals surface area contributed by atoms with Gasteiger partial charge in [-0.05, 0) is 31.6 Å². The van der Waals surface area contributed by atoms with Gasteiger partial charge >= 0.3 is 5.97 Å². The number of allylic oxidation sites excluding steroid dienone is 2. The number of carbonyl (C=O) groups is 1. The van der Waals surface area contributed by atoms with Crippen LogP contribution in [0, 0.1) is 11.8 Å². The lowest BCUT2D eigenvalue weighted by atomic mass is 9.92. The molecule has 0 saturated heterocycles. The molecule has 0 aromatic carbocycles. The first kappa shape index (κ1) is 16.2. The van der Waals surface area contributed by atoms with E-state index in [1.165, 1.54) is 7.11 Å². The number of carbonyl (C=O) groups excluding carboxylic acids is 1. The minimum atomic E-state index is -0.322. The predicted octanol–water partition coefficient (Wildman–Crippen LogP) is 2.69. The summed E-state index contributed by atoms with van der Waals surface area (Å²) in [5.74, 6) is -0.00322. The summed E-state index contributed by atoms with van der Waals surface area (Å²) < 4.78 is 17.1. The number of methoxy groups -OCH3 is 1. The minimum Gasteiger partial charge on any atom is -0.469 e. The number of rotatable bonds is 9. The number of esters is 1. The van der Waals surface area contributed by atoms with Gasteiger partial charge in [0.2, 0.25) is 0 Å². The van der Waals surface area contributed by atoms with E-state index in [2.05, 4.69) is 10.8 Å². The summed E-state index contributed by atoms with van der Waals surface area (Å²) in [6, 6.07) is 0. The second-order valence-corrected chi connectivity index (χ2v) is 5.89. The molecule has 0 heterocycles. The van der Waals surface area contributed by atoms with E-state index in [-0.39, 0.29) is 45.3 Å². The summed E-state index contributed by atoms with van der Waals surface area (Å²) in [6.07, 6.45) is 7.51. The lowest BCUT2D eigenvalue weighted by Crippen LogP contribution is -2.24. The maximum Gasteiger partial charge on any atom is 0.305 e. The second-order valence-electron chi connectivity index (χ2n) is 5.09. The van der Waals surface area contributed by atoms with Crippen LogP contribution in [0.3, 0.4) is 0 Å². The van der Waals surface area contributed by atoms with Crippen molar-refractivity contribution in [2.45, 2.75) is 43.6 Å². The molecule has 6 heteroatoms. The number of unbranched alkanes of at least 4 members (excludes halogenated alkanes) is 1. The number of hydrogen-bond acceptors (Lipinski definition) is 4. The summed E-state index contributed by atoms with van der Waals surface area (Å²) >= 11 is 6.34. The van der Waals surface area contributed by atoms with Gasteiger partial charge in [-0.2, -0.15) is 0 Å². The monoisotopic (exact) mass is 324 g/mol. The maximum atomic E-state index is 11.0. The van der Waals surface area contributed by atoms with E-state index in [1.54, 1.807) is 0 Å². The molecular formula is C14H24ClO4P. The fourth-order valence-electron chi connectivity index (χ4n) is 2.66. The summed E-state index contributed by atoms with van der Waals surface area (Å²) in [5.41, 5.74) is 0. The van der Waals surface area contributed by atoms with Crippen LogP contribution in [-0.2, 0) is 14.1 Å². The SMILES string of the molecule is [3H]PO[C@@H]1C[C@@H](Cl)[C@H](C/C=C\CCCC(=O)OC)[C@H]1CO. The van der Waals surface area contributed by atoms with Gasteiger partial charge in [0, 0.05) is 33.7 Å². The van der Waals surface area contributed by atoms with Crippen molar-refractivity contribution in [2.75, 3.05) is 13.7 Å². The van der Waals surface area contributed by atoms with Crippen LogP contribution in [0.5, 0.6) is 0 Å². The standard InChI is InChI=1S/C14H24ClO4P/c1-18-14(17)7-5-3-2-4-6-10-11(9-16)13(19-20)8-12(10)15/h2,4,10-13,16H,3,5-9,20H2,1H3/b4-2-/t10-,11-,12-,13-/m1/s1/i20T/t10-,11-,12-,13-,20?. The number of aliphatic hydroxyl groups excluding tert-OH is 1. The van der Waals surface area contributed by atoms with Crippen LogP contribution in [0.25, 0.3) is 0 Å². The molecule has 0 aromatic rings. The minimum absolute atomic E-state index is 0.00469. The fourth-order valence-corrected chi connectivity index (χ4v) is 3.40. The van der Waals surface area contributed by atoms with Crippen molar-refractivity contribution < 1.29 is 19.2 Å². The molecule has 1 rings (SSSR count). The lowest BCUT2D eigenvalue weighted by Gasteiger charge is -2.21. The van der Waals surface area contributed by atoms with Gasteiger partial charge in [0.1, 0.15) is 0 Å². The highest BCUT2D eigenvalue weighted by molar-refractivity contribution is 7.09. The van der Waals surface area contributed by atoms with Crippen LogP contribution < -0.4 is 0 Å². The second kappa shape index (κ2) is 9.73. The first-order chi connectivity index (χ1) is 10.1. The average molecular weight is 325 g/mol. The van der Waals surface area contributed by atoms with Crippen LogP contribution in [0.2, 0.25) is 0 Å². The molecule has 1 saturated carbocycles. The third kappa shape index (κ3) is 5.33. The Balaban J connectivity index is 2.34. The molecule has 1 unspecified atom stereocenters. The third-order valence-corrected chi connectivity index (χ3v) is 4.67. The van der Waals surface area contributed by atoms with Gasteiger partial charge in [-0.3, -0.25) is 4.79 Å². The molecule has 0 radical (unpaired) electrons. The Morgan fingerprint density at radius 2 is 2.35 bits per heavy atom. The van der Waals surface area contributed by atoms with Crippen molar-refractivity contribution in [3.63, 3.8) is 0 Å². The molecule has 1 aliphatic rings. The molecule has 0 aliphatic heterocycles. The van der Waals surface area contributed by atoms with Gasteiger partial charge in [-0.25, -0.2) is 0 Å². The highest BCUT2D eigenvalue weighted by Crippen LogP contribution is 2.40. The van der Waals surface area contributed by atoms with Crippen molar-refractivity contribution in [3.8, 4) is 0 Å². The molecule has 1 fully saturated rings. The molecule has 0 bridgehead atoms. The van der Waals surface area contributed by atoms with Crippen molar-refractivity contribution in [3.05, 3.63) is 12.2 Å². The van der Waals surface area contributed by atoms with E-state index < -0.39 is 0 Å². The van der Waals surface area contributed by atoms with E-state index in [0.29, 0.717) is 12.8 Å². The molecule has 0 spiro atoms. The average Bonchev–Trinajstić information content (AvgIpc) is 2.78. The van der Waals surface area contributed by atoms with Crippen LogP contribution in [0.15, 0.2) is 12.2 Å². The Bertz CT molecular complexity index is 343. The Morgan fingerprint density at radius 1 is 1.55 bits per heavy atom. The molecule has 0 aromatic heterocycles. The van der Waals surface area contributed by atoms with Gasteiger partial charge in [0.05, 0.1) is 14.5 Å². The molecule has 1 N–H and O–H groups in total. The molecule has 5 atom stereocenters. The van der Waals surface area contributed by atoms with Gasteiger partial charge in [-0.1, -0.05) is 12.2 Å². The summed E-state index contributed by atoms with van der Waals surface area (Å²) in [4.78, 5) is 11.0. The zero-order chi connectivity index (χ0) is 15.7. The Morgan fingerprint density at radius 3 is 3.00 bits per heavy atom. The highest BCUT2D eigenvalue weighted by Gasteiger charge is 2.41. The van der Waals surface area contributed by atoms with Crippen molar-refractivity contribution >= 4 is 27.0 Å². The van der Waals surface area contributed by atoms with E-state index in [1.807, 2.05) is 6.08 Å². The zero-order valence-electron chi connectivity index (χ0n) is 12.8. The van der Waals surface area contributed by atoms with Gasteiger partial charge in [0.25, 0.3) is 0 Å². The van der Waals surface area contributed by atoms with Crippen LogP contribution in [0.4, 0.5) is 0 Å². The normalized spacial score (nSPS) is 31.2. The third-order valence-electron chi connectivity index (χ3n) is 3.87. The summed E-state index contributed by atoms with van der Waals surface area (Å²) in [7, 11) is 1.07. The van der Waals surface area contributed by atoms with Crippen molar-refractivity contribution in [2.24, 2.45) is 11.8 Å². The van der Waals surface area contributed by atoms with Crippen LogP contribution >= 0.6 is 21.0 Å². The Kier molecular flexibility index (Phi) is 7.89. The van der Waals surface area contributed by atoms with E-state index in [0.717, 1.165) is 19.3 Å². The van der Waals surface area contributed by atoms with E-state index in [4.69, 9.17) is 17.4 Å². The molecule has 4 nitrogen and oxygen atoms in total.